The number of halogens is 1. The molecule has 1 rings (SSSR count). The number of alkyl carbamates (subject to hydrolysis) is 1. The zero-order chi connectivity index (χ0) is 26.8. The van der Waals surface area contributed by atoms with E-state index in [4.69, 9.17) is 25.8 Å². The van der Waals surface area contributed by atoms with E-state index in [0.29, 0.717) is 35.1 Å². The average Bonchev–Trinajstić information content (AvgIpc) is 2.75. The van der Waals surface area contributed by atoms with Crippen molar-refractivity contribution >= 4 is 35.1 Å². The summed E-state index contributed by atoms with van der Waals surface area (Å²) in [5.74, 6) is 0.647. The number of nitrogens with one attached hydrogen (secondary N) is 1. The van der Waals surface area contributed by atoms with Gasteiger partial charge in [-0.2, -0.15) is 0 Å². The minimum atomic E-state index is -0.679. The van der Waals surface area contributed by atoms with Gasteiger partial charge in [0.15, 0.2) is 0 Å². The van der Waals surface area contributed by atoms with Crippen LogP contribution >= 0.6 is 11.6 Å². The molecule has 0 aliphatic carbocycles. The molecule has 0 saturated heterocycles. The number of likely N-dealkylation sites (N-methyl/N-ethyl adjacent to an activating group) is 1. The minimum Gasteiger partial charge on any atom is -0.497 e. The minimum absolute atomic E-state index is 0.204. The van der Waals surface area contributed by atoms with Gasteiger partial charge in [-0.3, -0.25) is 4.79 Å². The number of hydrogen-bond acceptors (Lipinski definition) is 5. The first-order valence-electron chi connectivity index (χ1n) is 11.9. The van der Waals surface area contributed by atoms with Crippen LogP contribution in [0.2, 0.25) is 5.02 Å². The van der Waals surface area contributed by atoms with Crippen LogP contribution in [0.25, 0.3) is 11.5 Å². The summed E-state index contributed by atoms with van der Waals surface area (Å²) in [7, 11) is 3.22. The molecule has 1 N–H and O–H groups in total. The molecule has 0 aliphatic heterocycles. The Balaban J connectivity index is 2.87. The van der Waals surface area contributed by atoms with Crippen LogP contribution in [0.1, 0.15) is 71.4 Å². The second kappa shape index (κ2) is 14.0. The smallest absolute Gasteiger partial charge is 0.408 e. The number of benzene rings is 1. The second-order valence-electron chi connectivity index (χ2n) is 9.58. The molecule has 0 fully saturated rings. The number of ether oxygens (including phenoxy) is 3. The first-order chi connectivity index (χ1) is 16.3. The third kappa shape index (κ3) is 10.6. The lowest BCUT2D eigenvalue weighted by Gasteiger charge is -2.28. The largest absolute Gasteiger partial charge is 0.497 e. The number of nitrogens with zero attached hydrogens (tertiary/aromatic N) is 1. The molecule has 196 valence electrons. The van der Waals surface area contributed by atoms with Gasteiger partial charge in [-0.25, -0.2) is 4.79 Å². The maximum atomic E-state index is 13.2. The molecule has 7 nitrogen and oxygen atoms in total. The van der Waals surface area contributed by atoms with Crippen molar-refractivity contribution in [2.24, 2.45) is 0 Å². The topological polar surface area (TPSA) is 77.1 Å². The monoisotopic (exact) mass is 508 g/mol. The molecule has 0 spiro atoms. The summed E-state index contributed by atoms with van der Waals surface area (Å²) >= 11 is 6.17. The maximum Gasteiger partial charge on any atom is 0.408 e. The molecule has 0 heterocycles. The average molecular weight is 509 g/mol. The SMILES string of the molecule is C=C(OC)c1ccc(Cl)cc1C(=C)OC(C)CN(C)C(=O)C(CCCCC)NC(=O)OC(C)(C)C. The van der Waals surface area contributed by atoms with Gasteiger partial charge < -0.3 is 24.4 Å². The predicted octanol–water partition coefficient (Wildman–Crippen LogP) is 6.26. The molecule has 1 aromatic carbocycles. The summed E-state index contributed by atoms with van der Waals surface area (Å²) in [6.07, 6.45) is 2.35. The Bertz CT molecular complexity index is 894. The van der Waals surface area contributed by atoms with Crippen molar-refractivity contribution in [3.8, 4) is 0 Å². The molecule has 2 unspecified atom stereocenters. The van der Waals surface area contributed by atoms with Crippen LogP contribution < -0.4 is 5.32 Å². The third-order valence-electron chi connectivity index (χ3n) is 5.16. The number of amides is 2. The number of unbranched alkanes of at least 4 members (excludes halogenated alkanes) is 2. The fraction of sp³-hybridized carbons (Fsp3) is 0.556. The number of carbonyl (C=O) groups is 2. The Morgan fingerprint density at radius 1 is 1.14 bits per heavy atom. The standard InChI is InChI=1S/C27H41ClN2O5/c1-10-11-12-13-24(29-26(32)35-27(5,6)7)25(31)30(8)17-18(2)34-20(4)23-16-21(28)14-15-22(23)19(3)33-9/h14-16,18,24H,3-4,10-13,17H2,1-2,5-9H3,(H,29,32). The van der Waals surface area contributed by atoms with Gasteiger partial charge >= 0.3 is 6.09 Å². The van der Waals surface area contributed by atoms with Crippen molar-refractivity contribution in [2.75, 3.05) is 20.7 Å². The highest BCUT2D eigenvalue weighted by Gasteiger charge is 2.27. The van der Waals surface area contributed by atoms with Crippen LogP contribution in [0.15, 0.2) is 31.4 Å². The van der Waals surface area contributed by atoms with E-state index in [0.717, 1.165) is 24.8 Å². The molecule has 8 heteroatoms. The van der Waals surface area contributed by atoms with Gasteiger partial charge in [0.1, 0.15) is 29.3 Å². The fourth-order valence-electron chi connectivity index (χ4n) is 3.49. The lowest BCUT2D eigenvalue weighted by molar-refractivity contribution is -0.133. The lowest BCUT2D eigenvalue weighted by Crippen LogP contribution is -2.50. The van der Waals surface area contributed by atoms with Gasteiger partial charge in [-0.1, -0.05) is 50.9 Å². The summed E-state index contributed by atoms with van der Waals surface area (Å²) in [4.78, 5) is 27.1. The van der Waals surface area contributed by atoms with Crippen molar-refractivity contribution in [1.29, 1.82) is 0 Å². The Morgan fingerprint density at radius 3 is 2.37 bits per heavy atom. The molecular formula is C27H41ClN2O5. The first kappa shape index (κ1) is 30.4. The zero-order valence-electron chi connectivity index (χ0n) is 22.2. The second-order valence-corrected chi connectivity index (χ2v) is 10.0. The summed E-state index contributed by atoms with van der Waals surface area (Å²) in [5.41, 5.74) is 0.730. The van der Waals surface area contributed by atoms with E-state index in [1.807, 2.05) is 6.92 Å². The molecule has 0 saturated carbocycles. The van der Waals surface area contributed by atoms with E-state index in [-0.39, 0.29) is 12.0 Å². The van der Waals surface area contributed by atoms with Gasteiger partial charge in [0, 0.05) is 23.2 Å². The van der Waals surface area contributed by atoms with Gasteiger partial charge in [0.25, 0.3) is 0 Å². The van der Waals surface area contributed by atoms with Crippen LogP contribution in [-0.2, 0) is 19.0 Å². The van der Waals surface area contributed by atoms with Crippen molar-refractivity contribution in [3.05, 3.63) is 47.5 Å². The molecule has 35 heavy (non-hydrogen) atoms. The van der Waals surface area contributed by atoms with E-state index >= 15 is 0 Å². The van der Waals surface area contributed by atoms with Crippen LogP contribution in [0, 0.1) is 0 Å². The van der Waals surface area contributed by atoms with Gasteiger partial charge in [0.05, 0.1) is 13.7 Å². The number of carbonyl (C=O) groups excluding carboxylic acids is 2. The highest BCUT2D eigenvalue weighted by atomic mass is 35.5. The zero-order valence-corrected chi connectivity index (χ0v) is 23.0. The van der Waals surface area contributed by atoms with Crippen LogP contribution in [0.5, 0.6) is 0 Å². The normalized spacial score (nSPS) is 12.8. The summed E-state index contributed by atoms with van der Waals surface area (Å²) in [6, 6.07) is 4.59. The van der Waals surface area contributed by atoms with E-state index in [2.05, 4.69) is 25.4 Å². The molecule has 0 aliphatic rings. The highest BCUT2D eigenvalue weighted by Crippen LogP contribution is 2.28. The Kier molecular flexibility index (Phi) is 12.2. The van der Waals surface area contributed by atoms with Crippen LogP contribution in [0.3, 0.4) is 0 Å². The highest BCUT2D eigenvalue weighted by molar-refractivity contribution is 6.30. The van der Waals surface area contributed by atoms with Crippen molar-refractivity contribution in [1.82, 2.24) is 10.2 Å². The number of rotatable bonds is 13. The first-order valence-corrected chi connectivity index (χ1v) is 12.3. The Hall–Kier alpha value is -2.67. The van der Waals surface area contributed by atoms with Gasteiger partial charge in [0.2, 0.25) is 5.91 Å². The lowest BCUT2D eigenvalue weighted by atomic mass is 10.0. The predicted molar refractivity (Wildman–Crippen MR) is 142 cm³/mol. The van der Waals surface area contributed by atoms with E-state index < -0.39 is 17.7 Å². The molecule has 1 aromatic rings. The summed E-state index contributed by atoms with van der Waals surface area (Å²) in [5, 5.41) is 3.26. The Morgan fingerprint density at radius 2 is 1.80 bits per heavy atom. The molecule has 0 radical (unpaired) electrons. The van der Waals surface area contributed by atoms with Crippen molar-refractivity contribution in [3.63, 3.8) is 0 Å². The quantitative estimate of drug-likeness (QED) is 0.251. The van der Waals surface area contributed by atoms with E-state index in [1.165, 1.54) is 7.11 Å². The maximum absolute atomic E-state index is 13.2. The van der Waals surface area contributed by atoms with Crippen molar-refractivity contribution < 1.29 is 23.8 Å². The van der Waals surface area contributed by atoms with Crippen LogP contribution in [0.4, 0.5) is 4.79 Å². The van der Waals surface area contributed by atoms with Gasteiger partial charge in [-0.05, 0) is 52.3 Å². The molecular weight excluding hydrogens is 468 g/mol. The molecule has 0 aromatic heterocycles. The van der Waals surface area contributed by atoms with E-state index in [9.17, 15) is 9.59 Å². The number of hydrogen-bond donors (Lipinski definition) is 1. The molecule has 2 atom stereocenters. The van der Waals surface area contributed by atoms with E-state index in [1.54, 1.807) is 50.9 Å². The summed E-state index contributed by atoms with van der Waals surface area (Å²) in [6.45, 7) is 17.5. The van der Waals surface area contributed by atoms with Crippen LogP contribution in [-0.4, -0.2) is 55.3 Å². The molecule has 0 bridgehead atoms. The molecule has 2 amide bonds. The van der Waals surface area contributed by atoms with Crippen molar-refractivity contribution in [2.45, 2.75) is 78.0 Å². The Labute approximate surface area is 215 Å². The summed E-state index contributed by atoms with van der Waals surface area (Å²) < 4.78 is 16.6. The third-order valence-corrected chi connectivity index (χ3v) is 5.40. The number of methoxy groups -OCH3 is 1. The van der Waals surface area contributed by atoms with Gasteiger partial charge in [-0.15, -0.1) is 0 Å². The fourth-order valence-corrected chi connectivity index (χ4v) is 3.66.